The van der Waals surface area contributed by atoms with Crippen molar-refractivity contribution in [3.05, 3.63) is 93.5 Å². The minimum absolute atomic E-state index is 0.196. The Morgan fingerprint density at radius 1 is 1.03 bits per heavy atom. The van der Waals surface area contributed by atoms with Crippen molar-refractivity contribution in [2.75, 3.05) is 5.32 Å². The Morgan fingerprint density at radius 2 is 1.83 bits per heavy atom. The molecule has 0 atom stereocenters. The predicted octanol–water partition coefficient (Wildman–Crippen LogP) is 1.70. The van der Waals surface area contributed by atoms with Gasteiger partial charge < -0.3 is 15.0 Å². The number of fused-ring (bicyclic) bond motifs is 1. The third kappa shape index (κ3) is 4.09. The van der Waals surface area contributed by atoms with Crippen molar-refractivity contribution < 1.29 is 9.53 Å². The molecule has 1 amide bonds. The average molecular weight is 403 g/mol. The predicted molar refractivity (Wildman–Crippen MR) is 110 cm³/mol. The van der Waals surface area contributed by atoms with E-state index in [0.717, 1.165) is 10.1 Å². The number of aromatic amines is 1. The molecule has 150 valence electrons. The molecule has 0 aliphatic heterocycles. The molecule has 30 heavy (non-hydrogen) atoms. The van der Waals surface area contributed by atoms with Crippen LogP contribution >= 0.6 is 0 Å². The fourth-order valence-electron chi connectivity index (χ4n) is 2.90. The Bertz CT molecular complexity index is 1310. The Balaban J connectivity index is 1.52. The molecule has 1 aromatic carbocycles. The maximum Gasteiger partial charge on any atom is 0.329 e. The number of ether oxygens (including phenoxy) is 1. The van der Waals surface area contributed by atoms with Crippen LogP contribution in [0.25, 0.3) is 10.9 Å². The van der Waals surface area contributed by atoms with Crippen LogP contribution in [0.1, 0.15) is 5.56 Å². The number of rotatable bonds is 6. The van der Waals surface area contributed by atoms with Crippen LogP contribution in [0, 0.1) is 0 Å². The first-order valence-electron chi connectivity index (χ1n) is 9.10. The van der Waals surface area contributed by atoms with Gasteiger partial charge >= 0.3 is 5.69 Å². The molecular formula is C21H17N5O4. The van der Waals surface area contributed by atoms with Crippen molar-refractivity contribution in [3.63, 3.8) is 0 Å². The number of anilines is 1. The van der Waals surface area contributed by atoms with E-state index in [2.05, 4.69) is 20.3 Å². The lowest BCUT2D eigenvalue weighted by Gasteiger charge is -2.12. The fourth-order valence-corrected chi connectivity index (χ4v) is 2.90. The number of para-hydroxylation sites is 1. The number of benzene rings is 1. The molecule has 9 nitrogen and oxygen atoms in total. The number of pyridine rings is 2. The lowest BCUT2D eigenvalue weighted by Crippen LogP contribution is -2.38. The summed E-state index contributed by atoms with van der Waals surface area (Å²) in [5, 5.41) is 2.92. The van der Waals surface area contributed by atoms with Gasteiger partial charge in [-0.3, -0.25) is 19.1 Å². The molecule has 0 bridgehead atoms. The molecule has 2 N–H and O–H groups in total. The van der Waals surface area contributed by atoms with Crippen LogP contribution in [0.3, 0.4) is 0 Å². The van der Waals surface area contributed by atoms with Crippen LogP contribution in [-0.4, -0.2) is 25.4 Å². The molecule has 4 rings (SSSR count). The summed E-state index contributed by atoms with van der Waals surface area (Å²) in [7, 11) is 0. The van der Waals surface area contributed by atoms with Crippen LogP contribution in [-0.2, 0) is 17.9 Å². The topological polar surface area (TPSA) is 119 Å². The van der Waals surface area contributed by atoms with Gasteiger partial charge in [0.2, 0.25) is 5.91 Å². The van der Waals surface area contributed by atoms with E-state index in [-0.39, 0.29) is 12.4 Å². The first-order valence-corrected chi connectivity index (χ1v) is 9.10. The van der Waals surface area contributed by atoms with Crippen LogP contribution in [0.4, 0.5) is 5.82 Å². The van der Waals surface area contributed by atoms with Gasteiger partial charge in [-0.05, 0) is 42.0 Å². The van der Waals surface area contributed by atoms with Gasteiger partial charge in [-0.25, -0.2) is 9.78 Å². The third-order valence-electron chi connectivity index (χ3n) is 4.36. The van der Waals surface area contributed by atoms with Gasteiger partial charge in [0, 0.05) is 18.6 Å². The van der Waals surface area contributed by atoms with Crippen molar-refractivity contribution in [2.45, 2.75) is 13.2 Å². The van der Waals surface area contributed by atoms with E-state index in [4.69, 9.17) is 4.74 Å². The second kappa shape index (κ2) is 8.39. The first-order chi connectivity index (χ1) is 14.6. The Labute approximate surface area is 170 Å². The number of aromatic nitrogens is 4. The molecular weight excluding hydrogens is 386 g/mol. The van der Waals surface area contributed by atoms with Crippen LogP contribution in [0.5, 0.6) is 5.75 Å². The quantitative estimate of drug-likeness (QED) is 0.506. The summed E-state index contributed by atoms with van der Waals surface area (Å²) >= 11 is 0. The standard InChI is InChI=1S/C21H17N5O4/c27-18(12-26-20(28)15-4-1-2-5-16(15)24-21(26)29)25-19-17(6-3-9-23-19)30-13-14-7-10-22-11-8-14/h1-11H,12-13H2,(H,24,29)(H,23,25,27). The van der Waals surface area contributed by atoms with E-state index in [0.29, 0.717) is 16.7 Å². The summed E-state index contributed by atoms with van der Waals surface area (Å²) in [6.45, 7) is -0.194. The first kappa shape index (κ1) is 19.1. The highest BCUT2D eigenvalue weighted by atomic mass is 16.5. The maximum atomic E-state index is 12.6. The number of carbonyl (C=O) groups is 1. The Hall–Kier alpha value is -4.27. The number of H-pyrrole nitrogens is 1. The average Bonchev–Trinajstić information content (AvgIpc) is 2.77. The zero-order chi connectivity index (χ0) is 20.9. The van der Waals surface area contributed by atoms with Crippen molar-refractivity contribution in [3.8, 4) is 5.75 Å². The second-order valence-corrected chi connectivity index (χ2v) is 6.41. The minimum Gasteiger partial charge on any atom is -0.485 e. The van der Waals surface area contributed by atoms with Crippen molar-refractivity contribution in [1.29, 1.82) is 0 Å². The molecule has 3 heterocycles. The molecule has 0 aliphatic carbocycles. The number of amides is 1. The number of hydrogen-bond donors (Lipinski definition) is 2. The molecule has 0 saturated carbocycles. The molecule has 0 unspecified atom stereocenters. The summed E-state index contributed by atoms with van der Waals surface area (Å²) < 4.78 is 6.58. The lowest BCUT2D eigenvalue weighted by molar-refractivity contribution is -0.116. The largest absolute Gasteiger partial charge is 0.485 e. The third-order valence-corrected chi connectivity index (χ3v) is 4.36. The van der Waals surface area contributed by atoms with E-state index < -0.39 is 23.7 Å². The Morgan fingerprint density at radius 3 is 2.67 bits per heavy atom. The normalized spacial score (nSPS) is 10.7. The van der Waals surface area contributed by atoms with Crippen molar-refractivity contribution in [2.24, 2.45) is 0 Å². The van der Waals surface area contributed by atoms with Gasteiger partial charge in [0.05, 0.1) is 10.9 Å². The maximum absolute atomic E-state index is 12.6. The molecule has 0 spiro atoms. The van der Waals surface area contributed by atoms with Gasteiger partial charge in [-0.15, -0.1) is 0 Å². The van der Waals surface area contributed by atoms with Gasteiger partial charge in [-0.2, -0.15) is 0 Å². The summed E-state index contributed by atoms with van der Waals surface area (Å²) in [5.41, 5.74) is 0.116. The highest BCUT2D eigenvalue weighted by molar-refractivity contribution is 5.91. The van der Waals surface area contributed by atoms with Gasteiger partial charge in [0.25, 0.3) is 5.56 Å². The van der Waals surface area contributed by atoms with Crippen LogP contribution in [0.15, 0.2) is 76.7 Å². The van der Waals surface area contributed by atoms with Crippen LogP contribution < -0.4 is 21.3 Å². The number of hydrogen-bond acceptors (Lipinski definition) is 6. The van der Waals surface area contributed by atoms with E-state index >= 15 is 0 Å². The van der Waals surface area contributed by atoms with E-state index in [1.54, 1.807) is 48.8 Å². The molecule has 0 aliphatic rings. The fraction of sp³-hybridized carbons (Fsp3) is 0.0952. The summed E-state index contributed by atoms with van der Waals surface area (Å²) in [6.07, 6.45) is 4.82. The van der Waals surface area contributed by atoms with Gasteiger partial charge in [0.15, 0.2) is 11.6 Å². The Kier molecular flexibility index (Phi) is 5.33. The van der Waals surface area contributed by atoms with Crippen molar-refractivity contribution >= 4 is 22.6 Å². The molecule has 0 radical (unpaired) electrons. The van der Waals surface area contributed by atoms with E-state index in [1.807, 2.05) is 12.1 Å². The van der Waals surface area contributed by atoms with Gasteiger partial charge in [0.1, 0.15) is 13.2 Å². The molecule has 3 aromatic heterocycles. The summed E-state index contributed by atoms with van der Waals surface area (Å²) in [6, 6.07) is 13.6. The zero-order valence-electron chi connectivity index (χ0n) is 15.7. The number of nitrogens with one attached hydrogen (secondary N) is 2. The van der Waals surface area contributed by atoms with E-state index in [9.17, 15) is 14.4 Å². The molecule has 0 saturated heterocycles. The smallest absolute Gasteiger partial charge is 0.329 e. The number of carbonyl (C=O) groups excluding carboxylic acids is 1. The van der Waals surface area contributed by atoms with Gasteiger partial charge in [-0.1, -0.05) is 12.1 Å². The molecule has 4 aromatic rings. The van der Waals surface area contributed by atoms with Crippen LogP contribution in [0.2, 0.25) is 0 Å². The zero-order valence-corrected chi connectivity index (χ0v) is 15.7. The monoisotopic (exact) mass is 403 g/mol. The summed E-state index contributed by atoms with van der Waals surface area (Å²) in [4.78, 5) is 48.0. The van der Waals surface area contributed by atoms with E-state index in [1.165, 1.54) is 6.20 Å². The minimum atomic E-state index is -0.663. The molecule has 0 fully saturated rings. The van der Waals surface area contributed by atoms with Crippen molar-refractivity contribution in [1.82, 2.24) is 19.5 Å². The number of nitrogens with zero attached hydrogens (tertiary/aromatic N) is 3. The SMILES string of the molecule is O=C(Cn1c(=O)[nH]c2ccccc2c1=O)Nc1ncccc1OCc1ccncc1. The molecule has 9 heteroatoms. The lowest BCUT2D eigenvalue weighted by atomic mass is 10.2. The highest BCUT2D eigenvalue weighted by Crippen LogP contribution is 2.22. The highest BCUT2D eigenvalue weighted by Gasteiger charge is 2.14. The second-order valence-electron chi connectivity index (χ2n) is 6.41. The summed E-state index contributed by atoms with van der Waals surface area (Å²) in [5.74, 6) is -0.0189.